The Labute approximate surface area is 195 Å². The molecule has 10 heteroatoms. The lowest BCUT2D eigenvalue weighted by atomic mass is 10.0. The van der Waals surface area contributed by atoms with E-state index in [0.29, 0.717) is 45.0 Å². The molecule has 2 aliphatic heterocycles. The van der Waals surface area contributed by atoms with Gasteiger partial charge in [0.05, 0.1) is 17.9 Å². The van der Waals surface area contributed by atoms with E-state index in [1.54, 1.807) is 4.90 Å². The van der Waals surface area contributed by atoms with E-state index in [9.17, 15) is 14.4 Å². The molecule has 0 aromatic rings. The van der Waals surface area contributed by atoms with Crippen molar-refractivity contribution in [1.82, 2.24) is 19.4 Å². The Morgan fingerprint density at radius 2 is 2.06 bits per heavy atom. The Hall–Kier alpha value is -2.36. The summed E-state index contributed by atoms with van der Waals surface area (Å²) in [5.74, 6) is 0.158. The van der Waals surface area contributed by atoms with Crippen LogP contribution in [0, 0.1) is 0 Å². The summed E-state index contributed by atoms with van der Waals surface area (Å²) in [5.41, 5.74) is 1.07. The van der Waals surface area contributed by atoms with Crippen LogP contribution in [0.1, 0.15) is 54.4 Å². The molecule has 9 nitrogen and oxygen atoms in total. The van der Waals surface area contributed by atoms with Gasteiger partial charge in [0.2, 0.25) is 11.8 Å². The molecule has 2 aliphatic rings. The number of hydrogen-bond donors (Lipinski definition) is 1. The average Bonchev–Trinajstić information content (AvgIpc) is 2.72. The molecular formula is C22H36N4O5S. The first-order valence-electron chi connectivity index (χ1n) is 10.9. The molecule has 0 radical (unpaired) electrons. The van der Waals surface area contributed by atoms with Gasteiger partial charge in [-0.3, -0.25) is 24.1 Å². The molecule has 0 bridgehead atoms. The van der Waals surface area contributed by atoms with E-state index in [2.05, 4.69) is 5.32 Å². The summed E-state index contributed by atoms with van der Waals surface area (Å²) in [4.78, 5) is 40.3. The smallest absolute Gasteiger partial charge is 0.411 e. The lowest BCUT2D eigenvalue weighted by Gasteiger charge is -2.41. The first-order valence-corrected chi connectivity index (χ1v) is 12.1. The van der Waals surface area contributed by atoms with Gasteiger partial charge in [-0.05, 0) is 48.0 Å². The summed E-state index contributed by atoms with van der Waals surface area (Å²) in [6.07, 6.45) is 4.27. The Morgan fingerprint density at radius 1 is 1.38 bits per heavy atom. The van der Waals surface area contributed by atoms with Gasteiger partial charge < -0.3 is 14.4 Å². The van der Waals surface area contributed by atoms with Crippen molar-refractivity contribution >= 4 is 29.9 Å². The molecule has 0 aromatic carbocycles. The van der Waals surface area contributed by atoms with Gasteiger partial charge in [-0.25, -0.2) is 4.79 Å². The van der Waals surface area contributed by atoms with Crippen molar-refractivity contribution in [2.24, 2.45) is 0 Å². The van der Waals surface area contributed by atoms with Gasteiger partial charge in [0.15, 0.2) is 5.76 Å². The first kappa shape index (κ1) is 25.9. The summed E-state index contributed by atoms with van der Waals surface area (Å²) in [6, 6.07) is -0.415. The monoisotopic (exact) mass is 468 g/mol. The molecule has 180 valence electrons. The molecule has 2 fully saturated rings. The molecule has 32 heavy (non-hydrogen) atoms. The van der Waals surface area contributed by atoms with Gasteiger partial charge in [0, 0.05) is 19.2 Å². The molecule has 0 aromatic heterocycles. The van der Waals surface area contributed by atoms with Crippen molar-refractivity contribution in [3.63, 3.8) is 0 Å². The number of imide groups is 1. The third kappa shape index (κ3) is 6.34. The van der Waals surface area contributed by atoms with E-state index < -0.39 is 11.6 Å². The summed E-state index contributed by atoms with van der Waals surface area (Å²) >= 11 is 1.48. The van der Waals surface area contributed by atoms with Crippen molar-refractivity contribution in [1.29, 1.82) is 0 Å². The van der Waals surface area contributed by atoms with Gasteiger partial charge in [0.25, 0.3) is 0 Å². The van der Waals surface area contributed by atoms with Crippen LogP contribution in [-0.4, -0.2) is 76.3 Å². The van der Waals surface area contributed by atoms with E-state index in [1.807, 2.05) is 63.1 Å². The lowest BCUT2D eigenvalue weighted by molar-refractivity contribution is -0.137. The Balaban J connectivity index is 2.26. The number of carbonyl (C=O) groups excluding carboxylic acids is 3. The predicted molar refractivity (Wildman–Crippen MR) is 124 cm³/mol. The molecule has 0 aliphatic carbocycles. The Bertz CT molecular complexity index is 790. The number of morpholine rings is 1. The zero-order valence-corrected chi connectivity index (χ0v) is 21.0. The van der Waals surface area contributed by atoms with Crippen LogP contribution in [0.5, 0.6) is 0 Å². The summed E-state index contributed by atoms with van der Waals surface area (Å²) in [6.45, 7) is 13.1. The van der Waals surface area contributed by atoms with Crippen LogP contribution in [0.2, 0.25) is 0 Å². The largest absolute Gasteiger partial charge is 0.488 e. The highest BCUT2D eigenvalue weighted by atomic mass is 32.2. The van der Waals surface area contributed by atoms with E-state index in [1.165, 1.54) is 11.9 Å². The van der Waals surface area contributed by atoms with Crippen molar-refractivity contribution in [2.45, 2.75) is 66.0 Å². The lowest BCUT2D eigenvalue weighted by Crippen LogP contribution is -2.54. The molecule has 0 saturated carbocycles. The number of allylic oxidation sites excluding steroid dienone is 2. The number of ether oxygens (including phenoxy) is 2. The van der Waals surface area contributed by atoms with Gasteiger partial charge in [-0.1, -0.05) is 18.0 Å². The number of rotatable bonds is 6. The zero-order chi connectivity index (χ0) is 24.1. The highest BCUT2D eigenvalue weighted by Crippen LogP contribution is 2.31. The van der Waals surface area contributed by atoms with Gasteiger partial charge in [-0.2, -0.15) is 0 Å². The third-order valence-electron chi connectivity index (χ3n) is 5.24. The van der Waals surface area contributed by atoms with Gasteiger partial charge in [-0.15, -0.1) is 0 Å². The van der Waals surface area contributed by atoms with Crippen molar-refractivity contribution in [3.8, 4) is 0 Å². The average molecular weight is 469 g/mol. The van der Waals surface area contributed by atoms with Crippen LogP contribution in [0.3, 0.4) is 0 Å². The molecule has 1 atom stereocenters. The van der Waals surface area contributed by atoms with Crippen molar-refractivity contribution in [2.75, 3.05) is 32.6 Å². The van der Waals surface area contributed by atoms with Crippen LogP contribution in [0.4, 0.5) is 4.79 Å². The number of hydrogen-bond acceptors (Lipinski definition) is 8. The quantitative estimate of drug-likeness (QED) is 0.361. The number of piperidine rings is 1. The van der Waals surface area contributed by atoms with Crippen molar-refractivity contribution in [3.05, 3.63) is 23.2 Å². The summed E-state index contributed by atoms with van der Waals surface area (Å²) in [7, 11) is 0. The first-order chi connectivity index (χ1) is 15.0. The second kappa shape index (κ2) is 11.0. The fraction of sp³-hybridized carbons (Fsp3) is 0.682. The minimum absolute atomic E-state index is 0.233. The number of amides is 3. The Morgan fingerprint density at radius 3 is 2.59 bits per heavy atom. The van der Waals surface area contributed by atoms with Crippen LogP contribution in [0.15, 0.2) is 23.2 Å². The molecule has 2 saturated heterocycles. The molecule has 0 spiro atoms. The molecular weight excluding hydrogens is 432 g/mol. The SMILES string of the molecule is C/C=C1\C(=C(/C)N(CN(CC)C(=O)OC(C)(C)C)SC)OCCN1C1CCC(=O)NC1=O. The molecule has 1 unspecified atom stereocenters. The molecule has 1 N–H and O–H groups in total. The maximum Gasteiger partial charge on any atom is 0.411 e. The topological polar surface area (TPSA) is 91.4 Å². The number of nitrogens with one attached hydrogen (secondary N) is 1. The second-order valence-electron chi connectivity index (χ2n) is 8.64. The van der Waals surface area contributed by atoms with E-state index in [-0.39, 0.29) is 17.9 Å². The Kier molecular flexibility index (Phi) is 8.89. The predicted octanol–water partition coefficient (Wildman–Crippen LogP) is 3.05. The van der Waals surface area contributed by atoms with Crippen LogP contribution in [-0.2, 0) is 19.1 Å². The van der Waals surface area contributed by atoms with E-state index in [4.69, 9.17) is 9.47 Å². The maximum atomic E-state index is 12.6. The maximum absolute atomic E-state index is 12.6. The van der Waals surface area contributed by atoms with Crippen LogP contribution >= 0.6 is 11.9 Å². The molecule has 2 rings (SSSR count). The summed E-state index contributed by atoms with van der Waals surface area (Å²) < 4.78 is 13.5. The minimum atomic E-state index is -0.574. The standard InChI is InChI=1S/C22H36N4O5S/c1-8-16-19(30-13-12-25(16)17-10-11-18(27)23-20(17)28)15(3)26(32-7)14-24(9-2)21(29)31-22(4,5)6/h8,17H,9-14H2,1-7H3,(H,23,27,28)/b16-8+,19-15-. The van der Waals surface area contributed by atoms with Gasteiger partial charge >= 0.3 is 6.09 Å². The third-order valence-corrected chi connectivity index (χ3v) is 6.07. The van der Waals surface area contributed by atoms with E-state index in [0.717, 1.165) is 11.4 Å². The molecule has 2 heterocycles. The highest BCUT2D eigenvalue weighted by molar-refractivity contribution is 7.96. The fourth-order valence-electron chi connectivity index (χ4n) is 3.64. The zero-order valence-electron chi connectivity index (χ0n) is 20.2. The number of nitrogens with zero attached hydrogens (tertiary/aromatic N) is 3. The van der Waals surface area contributed by atoms with Gasteiger partial charge in [0.1, 0.15) is 24.9 Å². The minimum Gasteiger partial charge on any atom is -0.488 e. The highest BCUT2D eigenvalue weighted by Gasteiger charge is 2.36. The number of carbonyl (C=O) groups is 3. The van der Waals surface area contributed by atoms with Crippen LogP contribution < -0.4 is 5.32 Å². The van der Waals surface area contributed by atoms with Crippen molar-refractivity contribution < 1.29 is 23.9 Å². The van der Waals surface area contributed by atoms with Crippen LogP contribution in [0.25, 0.3) is 0 Å². The summed E-state index contributed by atoms with van der Waals surface area (Å²) in [5, 5.41) is 2.44. The fourth-order valence-corrected chi connectivity index (χ4v) is 4.25. The normalized spacial score (nSPS) is 22.3. The van der Waals surface area contributed by atoms with E-state index >= 15 is 0 Å². The molecule has 3 amide bonds. The second-order valence-corrected chi connectivity index (χ2v) is 9.44.